The Bertz CT molecular complexity index is 369. The molecule has 1 fully saturated rings. The smallest absolute Gasteiger partial charge is 0.0625 e. The molecule has 4 heteroatoms. The summed E-state index contributed by atoms with van der Waals surface area (Å²) in [6.45, 7) is 4.07. The van der Waals surface area contributed by atoms with Crippen LogP contribution < -0.4 is 0 Å². The van der Waals surface area contributed by atoms with Crippen LogP contribution in [0.1, 0.15) is 44.0 Å². The van der Waals surface area contributed by atoms with Crippen LogP contribution in [0.5, 0.6) is 0 Å². The number of aliphatic hydroxyl groups excluding tert-OH is 1. The highest BCUT2D eigenvalue weighted by atomic mass is 16.3. The Morgan fingerprint density at radius 3 is 2.72 bits per heavy atom. The van der Waals surface area contributed by atoms with Crippen LogP contribution in [0, 0.1) is 0 Å². The minimum absolute atomic E-state index is 0.245. The van der Waals surface area contributed by atoms with Crippen molar-refractivity contribution in [3.63, 3.8) is 0 Å². The summed E-state index contributed by atoms with van der Waals surface area (Å²) in [5.74, 6) is 0. The van der Waals surface area contributed by atoms with Crippen molar-refractivity contribution in [3.8, 4) is 0 Å². The maximum Gasteiger partial charge on any atom is 0.0625 e. The van der Waals surface area contributed by atoms with Crippen LogP contribution >= 0.6 is 0 Å². The van der Waals surface area contributed by atoms with E-state index in [9.17, 15) is 5.11 Å². The van der Waals surface area contributed by atoms with Gasteiger partial charge in [0.2, 0.25) is 0 Å². The number of aromatic nitrogens is 2. The molecule has 0 radical (unpaired) electrons. The van der Waals surface area contributed by atoms with Gasteiger partial charge in [-0.3, -0.25) is 9.58 Å². The minimum atomic E-state index is 0.245. The molecule has 1 N–H and O–H groups in total. The lowest BCUT2D eigenvalue weighted by Gasteiger charge is -2.27. The van der Waals surface area contributed by atoms with Gasteiger partial charge in [0, 0.05) is 26.2 Å². The largest absolute Gasteiger partial charge is 0.395 e. The van der Waals surface area contributed by atoms with E-state index < -0.39 is 0 Å². The van der Waals surface area contributed by atoms with Crippen molar-refractivity contribution in [1.82, 2.24) is 14.7 Å². The Labute approximate surface area is 110 Å². The van der Waals surface area contributed by atoms with E-state index in [0.29, 0.717) is 6.04 Å². The molecule has 0 spiro atoms. The second-order valence-electron chi connectivity index (χ2n) is 5.24. The van der Waals surface area contributed by atoms with Gasteiger partial charge in [0.15, 0.2) is 0 Å². The van der Waals surface area contributed by atoms with Crippen LogP contribution in [-0.4, -0.2) is 39.0 Å². The first-order valence-corrected chi connectivity index (χ1v) is 7.11. The number of hydrogen-bond donors (Lipinski definition) is 1. The van der Waals surface area contributed by atoms with Gasteiger partial charge < -0.3 is 5.11 Å². The Kier molecular flexibility index (Phi) is 4.78. The summed E-state index contributed by atoms with van der Waals surface area (Å²) >= 11 is 0. The lowest BCUT2D eigenvalue weighted by atomic mass is 10.2. The van der Waals surface area contributed by atoms with Gasteiger partial charge in [0.25, 0.3) is 0 Å². The summed E-state index contributed by atoms with van der Waals surface area (Å²) in [6, 6.07) is 2.84. The highest BCUT2D eigenvalue weighted by Crippen LogP contribution is 2.24. The van der Waals surface area contributed by atoms with Crippen molar-refractivity contribution in [2.45, 2.75) is 51.6 Å². The molecule has 0 aliphatic heterocycles. The number of hydrogen-bond acceptors (Lipinski definition) is 3. The molecule has 0 saturated heterocycles. The molecular formula is C14H25N3O. The normalized spacial score (nSPS) is 16.9. The average Bonchev–Trinajstić information content (AvgIpc) is 2.99. The molecule has 0 bridgehead atoms. The molecule has 1 heterocycles. The molecule has 0 aromatic carbocycles. The summed E-state index contributed by atoms with van der Waals surface area (Å²) in [5, 5.41) is 13.7. The molecule has 1 aliphatic rings. The zero-order valence-electron chi connectivity index (χ0n) is 11.6. The average molecular weight is 251 g/mol. The molecule has 1 aromatic rings. The Morgan fingerprint density at radius 2 is 2.17 bits per heavy atom. The number of rotatable bonds is 6. The van der Waals surface area contributed by atoms with Gasteiger partial charge in [-0.1, -0.05) is 19.8 Å². The van der Waals surface area contributed by atoms with Crippen molar-refractivity contribution >= 4 is 0 Å². The van der Waals surface area contributed by atoms with E-state index in [0.717, 1.165) is 25.2 Å². The number of nitrogens with zero attached hydrogens (tertiary/aromatic N) is 3. The molecular weight excluding hydrogens is 226 g/mol. The maximum absolute atomic E-state index is 9.23. The van der Waals surface area contributed by atoms with E-state index in [2.05, 4.69) is 23.0 Å². The zero-order valence-corrected chi connectivity index (χ0v) is 11.6. The highest BCUT2D eigenvalue weighted by Gasteiger charge is 2.23. The van der Waals surface area contributed by atoms with E-state index in [4.69, 9.17) is 0 Å². The molecule has 1 aliphatic carbocycles. The first kappa shape index (κ1) is 13.6. The van der Waals surface area contributed by atoms with Gasteiger partial charge in [-0.25, -0.2) is 0 Å². The molecule has 18 heavy (non-hydrogen) atoms. The van der Waals surface area contributed by atoms with Crippen molar-refractivity contribution in [3.05, 3.63) is 17.5 Å². The Hall–Kier alpha value is -0.870. The molecule has 1 saturated carbocycles. The van der Waals surface area contributed by atoms with Crippen molar-refractivity contribution in [2.24, 2.45) is 7.05 Å². The monoisotopic (exact) mass is 251 g/mol. The topological polar surface area (TPSA) is 41.3 Å². The van der Waals surface area contributed by atoms with E-state index in [-0.39, 0.29) is 6.61 Å². The zero-order chi connectivity index (χ0) is 13.0. The molecule has 1 aromatic heterocycles. The predicted octanol–water partition coefficient (Wildman–Crippen LogP) is 1.72. The van der Waals surface area contributed by atoms with Crippen LogP contribution in [0.4, 0.5) is 0 Å². The van der Waals surface area contributed by atoms with Crippen LogP contribution in [0.15, 0.2) is 6.07 Å². The summed E-state index contributed by atoms with van der Waals surface area (Å²) in [7, 11) is 2.01. The third-order valence-corrected chi connectivity index (χ3v) is 3.98. The van der Waals surface area contributed by atoms with Gasteiger partial charge >= 0.3 is 0 Å². The summed E-state index contributed by atoms with van der Waals surface area (Å²) in [5.41, 5.74) is 2.41. The fraction of sp³-hybridized carbons (Fsp3) is 0.786. The van der Waals surface area contributed by atoms with E-state index in [1.807, 2.05) is 11.7 Å². The van der Waals surface area contributed by atoms with Gasteiger partial charge in [-0.15, -0.1) is 0 Å². The van der Waals surface area contributed by atoms with Gasteiger partial charge in [0.05, 0.1) is 18.0 Å². The van der Waals surface area contributed by atoms with E-state index in [1.165, 1.54) is 31.4 Å². The standard InChI is InChI=1S/C14H25N3O/c1-3-12-10-14(16(2)15-12)11-17(8-9-18)13-6-4-5-7-13/h10,13,18H,3-9,11H2,1-2H3. The van der Waals surface area contributed by atoms with Crippen LogP contribution in [0.2, 0.25) is 0 Å². The quantitative estimate of drug-likeness (QED) is 0.837. The first-order valence-electron chi connectivity index (χ1n) is 7.11. The third kappa shape index (κ3) is 3.12. The third-order valence-electron chi connectivity index (χ3n) is 3.98. The second-order valence-corrected chi connectivity index (χ2v) is 5.24. The lowest BCUT2D eigenvalue weighted by molar-refractivity contribution is 0.142. The summed E-state index contributed by atoms with van der Waals surface area (Å²) in [4.78, 5) is 2.42. The van der Waals surface area contributed by atoms with E-state index in [1.54, 1.807) is 0 Å². The predicted molar refractivity (Wildman–Crippen MR) is 72.3 cm³/mol. The summed E-state index contributed by atoms with van der Waals surface area (Å²) < 4.78 is 1.98. The molecule has 0 unspecified atom stereocenters. The minimum Gasteiger partial charge on any atom is -0.395 e. The second kappa shape index (κ2) is 6.34. The molecule has 102 valence electrons. The Balaban J connectivity index is 2.04. The molecule has 4 nitrogen and oxygen atoms in total. The lowest BCUT2D eigenvalue weighted by Crippen LogP contribution is -2.35. The van der Waals surface area contributed by atoms with Crippen molar-refractivity contribution in [1.29, 1.82) is 0 Å². The number of aliphatic hydroxyl groups is 1. The molecule has 0 atom stereocenters. The van der Waals surface area contributed by atoms with Crippen LogP contribution in [-0.2, 0) is 20.0 Å². The number of aryl methyl sites for hydroxylation is 2. The fourth-order valence-corrected chi connectivity index (χ4v) is 2.89. The van der Waals surface area contributed by atoms with Crippen molar-refractivity contribution < 1.29 is 5.11 Å². The van der Waals surface area contributed by atoms with Gasteiger partial charge in [-0.05, 0) is 25.3 Å². The first-order chi connectivity index (χ1) is 8.74. The Morgan fingerprint density at radius 1 is 1.44 bits per heavy atom. The van der Waals surface area contributed by atoms with Crippen molar-refractivity contribution in [2.75, 3.05) is 13.2 Å². The van der Waals surface area contributed by atoms with Gasteiger partial charge in [-0.2, -0.15) is 5.10 Å². The van der Waals surface area contributed by atoms with Crippen LogP contribution in [0.25, 0.3) is 0 Å². The van der Waals surface area contributed by atoms with Gasteiger partial charge in [0.1, 0.15) is 0 Å². The van der Waals surface area contributed by atoms with E-state index >= 15 is 0 Å². The summed E-state index contributed by atoms with van der Waals surface area (Å²) in [6.07, 6.45) is 6.20. The molecule has 0 amide bonds. The highest BCUT2D eigenvalue weighted by molar-refractivity contribution is 5.10. The van der Waals surface area contributed by atoms with Crippen LogP contribution in [0.3, 0.4) is 0 Å². The maximum atomic E-state index is 9.23. The fourth-order valence-electron chi connectivity index (χ4n) is 2.89. The SMILES string of the molecule is CCc1cc(CN(CCO)C2CCCC2)n(C)n1. The molecule has 2 rings (SSSR count).